The molecule has 10 heteroatoms. The van der Waals surface area contributed by atoms with Gasteiger partial charge in [0.1, 0.15) is 28.4 Å². The fraction of sp³-hybridized carbons (Fsp3) is 0.188. The summed E-state index contributed by atoms with van der Waals surface area (Å²) in [7, 11) is -3.29. The number of fused-ring (bicyclic) bond motifs is 1. The molecule has 1 heterocycles. The Kier molecular flexibility index (Phi) is 4.39. The number of hydrogen-bond acceptors (Lipinski definition) is 5. The van der Waals surface area contributed by atoms with Crippen LogP contribution in [0.1, 0.15) is 29.3 Å². The minimum Gasteiger partial charge on any atom is -0.457 e. The number of sulfonamides is 1. The van der Waals surface area contributed by atoms with Gasteiger partial charge in [-0.05, 0) is 24.3 Å². The van der Waals surface area contributed by atoms with Gasteiger partial charge in [-0.3, -0.25) is 0 Å². The van der Waals surface area contributed by atoms with E-state index in [1.807, 2.05) is 0 Å². The Morgan fingerprint density at radius 2 is 2.00 bits per heavy atom. The van der Waals surface area contributed by atoms with Gasteiger partial charge in [0.05, 0.1) is 17.2 Å². The van der Waals surface area contributed by atoms with Gasteiger partial charge >= 0.3 is 0 Å². The quantitative estimate of drug-likeness (QED) is 0.878. The summed E-state index contributed by atoms with van der Waals surface area (Å²) >= 11 is 0. The second-order valence-electron chi connectivity index (χ2n) is 5.48. The van der Waals surface area contributed by atoms with Crippen molar-refractivity contribution in [2.45, 2.75) is 17.5 Å². The molecular weight excluding hydrogens is 373 g/mol. The largest absolute Gasteiger partial charge is 0.457 e. The van der Waals surface area contributed by atoms with Crippen molar-refractivity contribution >= 4 is 10.0 Å². The summed E-state index contributed by atoms with van der Waals surface area (Å²) in [6.45, 7) is 0. The Morgan fingerprint density at radius 3 is 2.62 bits per heavy atom. The number of halogens is 3. The van der Waals surface area contributed by atoms with E-state index in [2.05, 4.69) is 0 Å². The summed E-state index contributed by atoms with van der Waals surface area (Å²) < 4.78 is 71.3. The lowest BCUT2D eigenvalue weighted by molar-refractivity contribution is 0.0848. The third-order valence-corrected chi connectivity index (χ3v) is 5.82. The van der Waals surface area contributed by atoms with Crippen LogP contribution in [-0.2, 0) is 10.0 Å². The van der Waals surface area contributed by atoms with E-state index < -0.39 is 44.7 Å². The molecule has 1 unspecified atom stereocenters. The highest BCUT2D eigenvalue weighted by molar-refractivity contribution is 7.89. The topological polar surface area (TPSA) is 90.6 Å². The molecule has 3 rings (SSSR count). The van der Waals surface area contributed by atoms with Crippen molar-refractivity contribution in [2.24, 2.45) is 0 Å². The van der Waals surface area contributed by atoms with Crippen molar-refractivity contribution in [3.8, 4) is 17.6 Å². The lowest BCUT2D eigenvalue weighted by Gasteiger charge is -2.14. The highest BCUT2D eigenvalue weighted by Crippen LogP contribution is 2.46. The van der Waals surface area contributed by atoms with Crippen LogP contribution in [-0.4, -0.2) is 24.9 Å². The molecule has 2 aromatic rings. The molecule has 1 atom stereocenters. The molecule has 0 spiro atoms. The van der Waals surface area contributed by atoms with E-state index in [-0.39, 0.29) is 16.9 Å². The van der Waals surface area contributed by atoms with Crippen molar-refractivity contribution in [1.29, 1.82) is 5.26 Å². The molecule has 0 fully saturated rings. The number of aliphatic hydroxyl groups excluding tert-OH is 1. The van der Waals surface area contributed by atoms with Gasteiger partial charge in [-0.15, -0.1) is 0 Å². The smallest absolute Gasteiger partial charge is 0.268 e. The maximum atomic E-state index is 13.6. The van der Waals surface area contributed by atoms with Crippen LogP contribution < -0.4 is 4.74 Å². The van der Waals surface area contributed by atoms with E-state index in [1.54, 1.807) is 6.07 Å². The molecule has 1 aliphatic rings. The van der Waals surface area contributed by atoms with Gasteiger partial charge in [0.15, 0.2) is 0 Å². The summed E-state index contributed by atoms with van der Waals surface area (Å²) in [5.41, 5.74) is -1.23. The Balaban J connectivity index is 2.18. The number of alkyl halides is 2. The first-order chi connectivity index (χ1) is 12.2. The highest BCUT2D eigenvalue weighted by Gasteiger charge is 2.44. The second-order valence-corrected chi connectivity index (χ2v) is 7.42. The number of rotatable bonds is 3. The third kappa shape index (κ3) is 2.80. The van der Waals surface area contributed by atoms with Gasteiger partial charge in [0.2, 0.25) is 10.0 Å². The van der Waals surface area contributed by atoms with Crippen LogP contribution in [0.5, 0.6) is 11.5 Å². The van der Waals surface area contributed by atoms with E-state index >= 15 is 0 Å². The second kappa shape index (κ2) is 6.28. The zero-order valence-electron chi connectivity index (χ0n) is 13.1. The molecular formula is C16H11F3N2O4S. The van der Waals surface area contributed by atoms with E-state index in [1.165, 1.54) is 0 Å². The summed E-state index contributed by atoms with van der Waals surface area (Å²) in [6, 6.07) is 6.83. The lowest BCUT2D eigenvalue weighted by atomic mass is 10.1. The van der Waals surface area contributed by atoms with Crippen LogP contribution in [0, 0.1) is 17.1 Å². The Labute approximate surface area is 146 Å². The van der Waals surface area contributed by atoms with E-state index in [0.717, 1.165) is 37.4 Å². The number of aliphatic hydroxyl groups is 1. The molecule has 0 saturated carbocycles. The first-order valence-corrected chi connectivity index (χ1v) is 8.60. The standard InChI is InChI=1S/C16H11F3N2O4S/c1-21-16(22)11-2-3-12(13(15(18)19)14(11)26(21,23)24)25-10-5-8(7-20)4-9(17)6-10/h2-6,15-16,22H,1H3. The number of nitriles is 1. The molecule has 0 aromatic heterocycles. The Hall–Kier alpha value is -2.61. The molecule has 0 radical (unpaired) electrons. The van der Waals surface area contributed by atoms with Crippen LogP contribution in [0.4, 0.5) is 13.2 Å². The number of benzene rings is 2. The van der Waals surface area contributed by atoms with Gasteiger partial charge in [0, 0.05) is 18.7 Å². The molecule has 26 heavy (non-hydrogen) atoms. The molecule has 136 valence electrons. The number of nitrogens with zero attached hydrogens (tertiary/aromatic N) is 2. The van der Waals surface area contributed by atoms with Gasteiger partial charge < -0.3 is 9.84 Å². The first kappa shape index (κ1) is 18.2. The van der Waals surface area contributed by atoms with Crippen molar-refractivity contribution < 1.29 is 31.4 Å². The summed E-state index contributed by atoms with van der Waals surface area (Å²) in [6.07, 6.45) is -4.83. The number of hydrogen-bond donors (Lipinski definition) is 1. The summed E-state index contributed by atoms with van der Waals surface area (Å²) in [5.74, 6) is -1.58. The maximum Gasteiger partial charge on any atom is 0.268 e. The zero-order chi connectivity index (χ0) is 19.2. The van der Waals surface area contributed by atoms with Crippen molar-refractivity contribution in [2.75, 3.05) is 7.05 Å². The predicted octanol–water partition coefficient (Wildman–Crippen LogP) is 3.05. The van der Waals surface area contributed by atoms with Crippen molar-refractivity contribution in [1.82, 2.24) is 4.31 Å². The molecule has 2 aromatic carbocycles. The van der Waals surface area contributed by atoms with Gasteiger partial charge in [0.25, 0.3) is 6.43 Å². The average Bonchev–Trinajstić information content (AvgIpc) is 2.75. The molecule has 0 amide bonds. The van der Waals surface area contributed by atoms with Crippen molar-refractivity contribution in [3.63, 3.8) is 0 Å². The predicted molar refractivity (Wildman–Crippen MR) is 82.5 cm³/mol. The van der Waals surface area contributed by atoms with E-state index in [4.69, 9.17) is 10.00 Å². The van der Waals surface area contributed by atoms with Crippen LogP contribution in [0.15, 0.2) is 35.2 Å². The van der Waals surface area contributed by atoms with Gasteiger partial charge in [-0.1, -0.05) is 0 Å². The van der Waals surface area contributed by atoms with Crippen LogP contribution >= 0.6 is 0 Å². The average molecular weight is 384 g/mol. The molecule has 1 aliphatic heterocycles. The maximum absolute atomic E-state index is 13.6. The van der Waals surface area contributed by atoms with Crippen LogP contribution in [0.2, 0.25) is 0 Å². The minimum absolute atomic E-state index is 0.0949. The monoisotopic (exact) mass is 384 g/mol. The van der Waals surface area contributed by atoms with E-state index in [0.29, 0.717) is 4.31 Å². The summed E-state index contributed by atoms with van der Waals surface area (Å²) in [5, 5.41) is 18.8. The normalized spacial score (nSPS) is 18.6. The fourth-order valence-corrected chi connectivity index (χ4v) is 4.27. The zero-order valence-corrected chi connectivity index (χ0v) is 14.0. The van der Waals surface area contributed by atoms with Gasteiger partial charge in [-0.25, -0.2) is 21.6 Å². The van der Waals surface area contributed by atoms with Crippen molar-refractivity contribution in [3.05, 3.63) is 52.8 Å². The highest BCUT2D eigenvalue weighted by atomic mass is 32.2. The van der Waals surface area contributed by atoms with E-state index in [9.17, 15) is 26.7 Å². The van der Waals surface area contributed by atoms with Crippen LogP contribution in [0.25, 0.3) is 0 Å². The first-order valence-electron chi connectivity index (χ1n) is 7.16. The summed E-state index contributed by atoms with van der Waals surface area (Å²) in [4.78, 5) is -0.739. The molecule has 1 N–H and O–H groups in total. The third-order valence-electron chi connectivity index (χ3n) is 3.89. The Morgan fingerprint density at radius 1 is 1.31 bits per heavy atom. The SMILES string of the molecule is CN1C(O)c2ccc(Oc3cc(F)cc(C#N)c3)c(C(F)F)c2S1(=O)=O. The van der Waals surface area contributed by atoms with Crippen LogP contribution in [0.3, 0.4) is 0 Å². The molecule has 0 saturated heterocycles. The van der Waals surface area contributed by atoms with Gasteiger partial charge in [-0.2, -0.15) is 9.57 Å². The molecule has 0 aliphatic carbocycles. The molecule has 6 nitrogen and oxygen atoms in total. The fourth-order valence-electron chi connectivity index (χ4n) is 2.67. The minimum atomic E-state index is -4.35. The number of ether oxygens (including phenoxy) is 1. The lowest BCUT2D eigenvalue weighted by Crippen LogP contribution is -2.23. The molecule has 0 bridgehead atoms. The Bertz CT molecular complexity index is 1030.